The maximum Gasteiger partial charge on any atom is 0.170 e. The molecule has 2 heterocycles. The molecule has 0 saturated carbocycles. The van der Waals surface area contributed by atoms with Crippen molar-refractivity contribution in [1.82, 2.24) is 25.1 Å². The van der Waals surface area contributed by atoms with Gasteiger partial charge in [0, 0.05) is 5.02 Å². The van der Waals surface area contributed by atoms with Crippen molar-refractivity contribution in [2.45, 2.75) is 25.8 Å². The van der Waals surface area contributed by atoms with Gasteiger partial charge in [0.25, 0.3) is 0 Å². The number of rotatable bonds is 3. The second kappa shape index (κ2) is 5.67. The highest BCUT2D eigenvalue weighted by Gasteiger charge is 2.15. The second-order valence-electron chi connectivity index (χ2n) is 4.82. The minimum absolute atomic E-state index is 0.717. The number of nitrogens with zero attached hydrogens (tertiary/aromatic N) is 5. The van der Waals surface area contributed by atoms with Gasteiger partial charge in [-0.25, -0.2) is 0 Å². The van der Waals surface area contributed by atoms with E-state index >= 15 is 0 Å². The number of halogens is 1. The Hall–Kier alpha value is -1.46. The second-order valence-corrected chi connectivity index (χ2v) is 5.26. The molecule has 0 bridgehead atoms. The summed E-state index contributed by atoms with van der Waals surface area (Å²) in [6.07, 6.45) is 3.86. The first-order valence-electron chi connectivity index (χ1n) is 6.58. The smallest absolute Gasteiger partial charge is 0.170 e. The first kappa shape index (κ1) is 12.6. The van der Waals surface area contributed by atoms with E-state index < -0.39 is 0 Å². The highest BCUT2D eigenvalue weighted by molar-refractivity contribution is 6.30. The summed E-state index contributed by atoms with van der Waals surface area (Å²) in [6.45, 7) is 3.07. The Morgan fingerprint density at radius 1 is 1.05 bits per heavy atom. The van der Waals surface area contributed by atoms with Crippen LogP contribution < -0.4 is 0 Å². The van der Waals surface area contributed by atoms with Gasteiger partial charge in [-0.2, -0.15) is 4.68 Å². The van der Waals surface area contributed by atoms with E-state index in [-0.39, 0.29) is 0 Å². The van der Waals surface area contributed by atoms with Gasteiger partial charge in [-0.15, -0.1) is 5.10 Å². The number of piperidine rings is 1. The fourth-order valence-electron chi connectivity index (χ4n) is 2.40. The summed E-state index contributed by atoms with van der Waals surface area (Å²) in [7, 11) is 0. The summed E-state index contributed by atoms with van der Waals surface area (Å²) in [4.78, 5) is 2.40. The zero-order chi connectivity index (χ0) is 13.1. The van der Waals surface area contributed by atoms with Crippen LogP contribution >= 0.6 is 11.6 Å². The van der Waals surface area contributed by atoms with E-state index in [9.17, 15) is 0 Å². The average molecular weight is 278 g/mol. The molecular formula is C13H16ClN5. The normalized spacial score (nSPS) is 16.7. The molecule has 6 heteroatoms. The first-order chi connectivity index (χ1) is 9.33. The maximum atomic E-state index is 5.90. The molecule has 1 aliphatic heterocycles. The van der Waals surface area contributed by atoms with E-state index in [0.29, 0.717) is 0 Å². The topological polar surface area (TPSA) is 46.8 Å². The van der Waals surface area contributed by atoms with Crippen molar-refractivity contribution in [1.29, 1.82) is 0 Å². The minimum atomic E-state index is 0.717. The maximum absolute atomic E-state index is 5.90. The zero-order valence-electron chi connectivity index (χ0n) is 10.7. The lowest BCUT2D eigenvalue weighted by Crippen LogP contribution is -2.30. The molecule has 3 rings (SSSR count). The fraction of sp³-hybridized carbons (Fsp3) is 0.462. The molecule has 1 aliphatic rings. The molecule has 1 fully saturated rings. The van der Waals surface area contributed by atoms with Crippen molar-refractivity contribution < 1.29 is 0 Å². The van der Waals surface area contributed by atoms with E-state index in [1.54, 1.807) is 4.68 Å². The van der Waals surface area contributed by atoms with Crippen molar-refractivity contribution in [3.63, 3.8) is 0 Å². The van der Waals surface area contributed by atoms with Crippen LogP contribution in [0.25, 0.3) is 5.69 Å². The van der Waals surface area contributed by atoms with Crippen LogP contribution in [-0.4, -0.2) is 38.2 Å². The Balaban J connectivity index is 1.79. The van der Waals surface area contributed by atoms with E-state index in [0.717, 1.165) is 36.2 Å². The summed E-state index contributed by atoms with van der Waals surface area (Å²) in [5.74, 6) is 0.879. The van der Waals surface area contributed by atoms with Gasteiger partial charge in [-0.1, -0.05) is 18.0 Å². The number of hydrogen-bond donors (Lipinski definition) is 0. The lowest BCUT2D eigenvalue weighted by molar-refractivity contribution is 0.214. The van der Waals surface area contributed by atoms with Gasteiger partial charge >= 0.3 is 0 Å². The van der Waals surface area contributed by atoms with Gasteiger partial charge in [0.15, 0.2) is 5.82 Å². The summed E-state index contributed by atoms with van der Waals surface area (Å²) in [5, 5.41) is 12.7. The van der Waals surface area contributed by atoms with Gasteiger partial charge in [0.05, 0.1) is 12.2 Å². The Morgan fingerprint density at radius 2 is 1.79 bits per heavy atom. The SMILES string of the molecule is Clc1ccc(-n2nnnc2CN2CCCCC2)cc1. The number of tetrazole rings is 1. The average Bonchev–Trinajstić information content (AvgIpc) is 2.89. The van der Waals surface area contributed by atoms with Crippen LogP contribution in [0.15, 0.2) is 24.3 Å². The summed E-state index contributed by atoms with van der Waals surface area (Å²) in [5.41, 5.74) is 0.946. The van der Waals surface area contributed by atoms with E-state index in [2.05, 4.69) is 20.4 Å². The Morgan fingerprint density at radius 3 is 2.53 bits per heavy atom. The molecule has 5 nitrogen and oxygen atoms in total. The molecule has 19 heavy (non-hydrogen) atoms. The monoisotopic (exact) mass is 277 g/mol. The third kappa shape index (κ3) is 2.93. The zero-order valence-corrected chi connectivity index (χ0v) is 11.4. The molecule has 1 saturated heterocycles. The molecule has 1 aromatic heterocycles. The van der Waals surface area contributed by atoms with Crippen molar-refractivity contribution >= 4 is 11.6 Å². The molecule has 0 spiro atoms. The summed E-state index contributed by atoms with van der Waals surface area (Å²) in [6, 6.07) is 7.56. The highest BCUT2D eigenvalue weighted by atomic mass is 35.5. The van der Waals surface area contributed by atoms with Crippen molar-refractivity contribution in [3.8, 4) is 5.69 Å². The largest absolute Gasteiger partial charge is 0.296 e. The molecule has 0 amide bonds. The van der Waals surface area contributed by atoms with E-state index in [4.69, 9.17) is 11.6 Å². The summed E-state index contributed by atoms with van der Waals surface area (Å²) >= 11 is 5.90. The predicted octanol–water partition coefficient (Wildman–Crippen LogP) is 2.30. The Labute approximate surface area is 117 Å². The first-order valence-corrected chi connectivity index (χ1v) is 6.96. The quantitative estimate of drug-likeness (QED) is 0.864. The van der Waals surface area contributed by atoms with Crippen LogP contribution in [0, 0.1) is 0 Å². The number of likely N-dealkylation sites (tertiary alicyclic amines) is 1. The third-order valence-electron chi connectivity index (χ3n) is 3.42. The molecule has 0 N–H and O–H groups in total. The number of benzene rings is 1. The predicted molar refractivity (Wildman–Crippen MR) is 73.3 cm³/mol. The lowest BCUT2D eigenvalue weighted by atomic mass is 10.1. The molecule has 100 valence electrons. The van der Waals surface area contributed by atoms with Crippen LogP contribution in [0.5, 0.6) is 0 Å². The molecular weight excluding hydrogens is 262 g/mol. The van der Waals surface area contributed by atoms with Gasteiger partial charge in [0.2, 0.25) is 0 Å². The minimum Gasteiger partial charge on any atom is -0.296 e. The molecule has 1 aromatic carbocycles. The van der Waals surface area contributed by atoms with Crippen LogP contribution in [0.1, 0.15) is 25.1 Å². The fourth-order valence-corrected chi connectivity index (χ4v) is 2.53. The summed E-state index contributed by atoms with van der Waals surface area (Å²) < 4.78 is 1.78. The van der Waals surface area contributed by atoms with Gasteiger partial charge in [0.1, 0.15) is 0 Å². The Bertz CT molecular complexity index is 530. The molecule has 0 aliphatic carbocycles. The molecule has 0 atom stereocenters. The van der Waals surface area contributed by atoms with Crippen LogP contribution in [0.3, 0.4) is 0 Å². The molecule has 0 unspecified atom stereocenters. The third-order valence-corrected chi connectivity index (χ3v) is 3.67. The van der Waals surface area contributed by atoms with Gasteiger partial charge in [-0.05, 0) is 60.6 Å². The van der Waals surface area contributed by atoms with Crippen LogP contribution in [0.2, 0.25) is 5.02 Å². The van der Waals surface area contributed by atoms with Crippen molar-refractivity contribution in [2.24, 2.45) is 0 Å². The lowest BCUT2D eigenvalue weighted by Gasteiger charge is -2.25. The van der Waals surface area contributed by atoms with E-state index in [1.807, 2.05) is 24.3 Å². The number of aromatic nitrogens is 4. The van der Waals surface area contributed by atoms with Crippen LogP contribution in [0.4, 0.5) is 0 Å². The van der Waals surface area contributed by atoms with E-state index in [1.165, 1.54) is 19.3 Å². The van der Waals surface area contributed by atoms with Gasteiger partial charge in [-0.3, -0.25) is 4.90 Å². The molecule has 0 radical (unpaired) electrons. The van der Waals surface area contributed by atoms with Crippen LogP contribution in [-0.2, 0) is 6.54 Å². The molecule has 2 aromatic rings. The number of hydrogen-bond acceptors (Lipinski definition) is 4. The van der Waals surface area contributed by atoms with Crippen molar-refractivity contribution in [2.75, 3.05) is 13.1 Å². The highest BCUT2D eigenvalue weighted by Crippen LogP contribution is 2.16. The van der Waals surface area contributed by atoms with Gasteiger partial charge < -0.3 is 0 Å². The standard InChI is InChI=1S/C13H16ClN5/c14-11-4-6-12(7-5-11)19-13(15-16-17-19)10-18-8-2-1-3-9-18/h4-7H,1-3,8-10H2. The van der Waals surface area contributed by atoms with Crippen molar-refractivity contribution in [3.05, 3.63) is 35.1 Å². The Kier molecular flexibility index (Phi) is 3.75.